The van der Waals surface area contributed by atoms with Gasteiger partial charge in [0.1, 0.15) is 5.75 Å². The summed E-state index contributed by atoms with van der Waals surface area (Å²) in [7, 11) is 0. The lowest BCUT2D eigenvalue weighted by Gasteiger charge is -2.06. The van der Waals surface area contributed by atoms with Gasteiger partial charge in [-0.2, -0.15) is 0 Å². The second-order valence-electron chi connectivity index (χ2n) is 4.30. The standard InChI is InChI=1S/C14H8Cl2N2O3S/c15-7-1-2-11-12(5-7)22-14(18-11)21-10-4-8(16)3-9(6-10)17-13(19)20/h1-6,17H,(H,19,20). The predicted octanol–water partition coefficient (Wildman–Crippen LogP) is 5.49. The number of ether oxygens (including phenoxy) is 1. The molecule has 0 bridgehead atoms. The Morgan fingerprint density at radius 3 is 2.77 bits per heavy atom. The van der Waals surface area contributed by atoms with E-state index in [2.05, 4.69) is 10.3 Å². The van der Waals surface area contributed by atoms with Gasteiger partial charge < -0.3 is 9.84 Å². The number of benzene rings is 2. The first-order chi connectivity index (χ1) is 10.5. The van der Waals surface area contributed by atoms with Crippen LogP contribution in [0.3, 0.4) is 0 Å². The smallest absolute Gasteiger partial charge is 0.409 e. The lowest BCUT2D eigenvalue weighted by molar-refractivity contribution is 0.210. The van der Waals surface area contributed by atoms with Crippen molar-refractivity contribution < 1.29 is 14.6 Å². The lowest BCUT2D eigenvalue weighted by atomic mass is 10.3. The van der Waals surface area contributed by atoms with Gasteiger partial charge in [0.2, 0.25) is 0 Å². The first kappa shape index (κ1) is 14.9. The molecule has 1 heterocycles. The van der Waals surface area contributed by atoms with E-state index in [0.717, 1.165) is 10.2 Å². The highest BCUT2D eigenvalue weighted by atomic mass is 35.5. The molecule has 0 saturated carbocycles. The first-order valence-corrected chi connectivity index (χ1v) is 7.61. The minimum atomic E-state index is -1.18. The Bertz CT molecular complexity index is 866. The van der Waals surface area contributed by atoms with E-state index < -0.39 is 6.09 Å². The van der Waals surface area contributed by atoms with Crippen molar-refractivity contribution in [3.63, 3.8) is 0 Å². The molecule has 1 amide bonds. The number of anilines is 1. The summed E-state index contributed by atoms with van der Waals surface area (Å²) in [5, 5.41) is 12.4. The van der Waals surface area contributed by atoms with Crippen molar-refractivity contribution in [1.29, 1.82) is 0 Å². The van der Waals surface area contributed by atoms with Gasteiger partial charge in [-0.05, 0) is 30.3 Å². The minimum absolute atomic E-state index is 0.319. The van der Waals surface area contributed by atoms with Crippen molar-refractivity contribution in [1.82, 2.24) is 4.98 Å². The number of halogens is 2. The van der Waals surface area contributed by atoms with Crippen LogP contribution in [0.2, 0.25) is 10.0 Å². The zero-order valence-corrected chi connectivity index (χ0v) is 13.2. The Balaban J connectivity index is 1.90. The van der Waals surface area contributed by atoms with Crippen molar-refractivity contribution in [2.45, 2.75) is 0 Å². The first-order valence-electron chi connectivity index (χ1n) is 6.04. The number of carbonyl (C=O) groups is 1. The second-order valence-corrected chi connectivity index (χ2v) is 6.17. The lowest BCUT2D eigenvalue weighted by Crippen LogP contribution is -2.07. The summed E-state index contributed by atoms with van der Waals surface area (Å²) < 4.78 is 6.55. The number of hydrogen-bond donors (Lipinski definition) is 2. The number of rotatable bonds is 3. The van der Waals surface area contributed by atoms with Crippen molar-refractivity contribution in [3.8, 4) is 10.9 Å². The van der Waals surface area contributed by atoms with Crippen LogP contribution in [0.15, 0.2) is 36.4 Å². The van der Waals surface area contributed by atoms with E-state index in [0.29, 0.717) is 26.7 Å². The van der Waals surface area contributed by atoms with Crippen LogP contribution >= 0.6 is 34.5 Å². The van der Waals surface area contributed by atoms with E-state index in [9.17, 15) is 4.79 Å². The minimum Gasteiger partial charge on any atom is -0.465 e. The van der Waals surface area contributed by atoms with Gasteiger partial charge >= 0.3 is 6.09 Å². The molecule has 3 aromatic rings. The SMILES string of the molecule is O=C(O)Nc1cc(Cl)cc(Oc2nc3ccc(Cl)cc3s2)c1. The molecule has 0 fully saturated rings. The molecule has 3 rings (SSSR count). The highest BCUT2D eigenvalue weighted by Gasteiger charge is 2.09. The van der Waals surface area contributed by atoms with E-state index in [1.54, 1.807) is 24.3 Å². The summed E-state index contributed by atoms with van der Waals surface area (Å²) in [6, 6.07) is 9.95. The Morgan fingerprint density at radius 2 is 2.00 bits per heavy atom. The molecule has 0 spiro atoms. The topological polar surface area (TPSA) is 71.5 Å². The maximum absolute atomic E-state index is 10.7. The van der Waals surface area contributed by atoms with Crippen LogP contribution in [0.25, 0.3) is 10.2 Å². The normalized spacial score (nSPS) is 10.6. The van der Waals surface area contributed by atoms with Crippen molar-refractivity contribution in [2.24, 2.45) is 0 Å². The summed E-state index contributed by atoms with van der Waals surface area (Å²) >= 11 is 13.2. The van der Waals surface area contributed by atoms with Crippen molar-refractivity contribution in [2.75, 3.05) is 5.32 Å². The van der Waals surface area contributed by atoms with Gasteiger partial charge in [-0.15, -0.1) is 0 Å². The van der Waals surface area contributed by atoms with Crippen LogP contribution in [0.5, 0.6) is 10.9 Å². The number of carboxylic acid groups (broad SMARTS) is 1. The van der Waals surface area contributed by atoms with E-state index in [-0.39, 0.29) is 0 Å². The van der Waals surface area contributed by atoms with Gasteiger partial charge in [0.25, 0.3) is 5.19 Å². The van der Waals surface area contributed by atoms with Crippen LogP contribution < -0.4 is 10.1 Å². The number of aromatic nitrogens is 1. The Labute approximate surface area is 139 Å². The fraction of sp³-hybridized carbons (Fsp3) is 0. The molecule has 1 aromatic heterocycles. The molecule has 0 radical (unpaired) electrons. The van der Waals surface area contributed by atoms with Crippen LogP contribution in [0.1, 0.15) is 0 Å². The maximum atomic E-state index is 10.7. The Kier molecular flexibility index (Phi) is 4.06. The quantitative estimate of drug-likeness (QED) is 0.652. The summed E-state index contributed by atoms with van der Waals surface area (Å²) in [6.45, 7) is 0. The third-order valence-corrected chi connectivity index (χ3v) is 4.01. The Hall–Kier alpha value is -2.02. The van der Waals surface area contributed by atoms with Crippen LogP contribution in [0, 0.1) is 0 Å². The summed E-state index contributed by atoms with van der Waals surface area (Å²) in [6.07, 6.45) is -1.18. The molecule has 2 aromatic carbocycles. The maximum Gasteiger partial charge on any atom is 0.409 e. The molecule has 0 unspecified atom stereocenters. The number of nitrogens with one attached hydrogen (secondary N) is 1. The van der Waals surface area contributed by atoms with Gasteiger partial charge in [0.15, 0.2) is 0 Å². The van der Waals surface area contributed by atoms with Gasteiger partial charge in [-0.1, -0.05) is 34.5 Å². The number of thiazole rings is 1. The van der Waals surface area contributed by atoms with Crippen LogP contribution in [-0.4, -0.2) is 16.2 Å². The molecule has 112 valence electrons. The van der Waals surface area contributed by atoms with Gasteiger partial charge in [0.05, 0.1) is 10.2 Å². The van der Waals surface area contributed by atoms with E-state index >= 15 is 0 Å². The van der Waals surface area contributed by atoms with Gasteiger partial charge in [-0.3, -0.25) is 5.32 Å². The van der Waals surface area contributed by atoms with Gasteiger partial charge in [0, 0.05) is 21.8 Å². The zero-order valence-electron chi connectivity index (χ0n) is 10.8. The van der Waals surface area contributed by atoms with Crippen LogP contribution in [0.4, 0.5) is 10.5 Å². The molecular weight excluding hydrogens is 347 g/mol. The fourth-order valence-electron chi connectivity index (χ4n) is 1.84. The molecule has 2 N–H and O–H groups in total. The predicted molar refractivity (Wildman–Crippen MR) is 87.8 cm³/mol. The largest absolute Gasteiger partial charge is 0.465 e. The monoisotopic (exact) mass is 354 g/mol. The molecule has 5 nitrogen and oxygen atoms in total. The number of fused-ring (bicyclic) bond motifs is 1. The molecular formula is C14H8Cl2N2O3S. The van der Waals surface area contributed by atoms with E-state index in [1.165, 1.54) is 23.5 Å². The Morgan fingerprint density at radius 1 is 1.18 bits per heavy atom. The summed E-state index contributed by atoms with van der Waals surface area (Å²) in [4.78, 5) is 15.0. The molecule has 0 aliphatic carbocycles. The number of hydrogen-bond acceptors (Lipinski definition) is 4. The van der Waals surface area contributed by atoms with E-state index in [1.807, 2.05) is 0 Å². The zero-order chi connectivity index (χ0) is 15.7. The highest BCUT2D eigenvalue weighted by Crippen LogP contribution is 2.34. The number of amides is 1. The third-order valence-electron chi connectivity index (χ3n) is 2.66. The molecule has 0 aliphatic heterocycles. The molecule has 8 heteroatoms. The average Bonchev–Trinajstić information content (AvgIpc) is 2.78. The van der Waals surface area contributed by atoms with Crippen molar-refractivity contribution in [3.05, 3.63) is 46.4 Å². The van der Waals surface area contributed by atoms with Crippen molar-refractivity contribution >= 4 is 56.5 Å². The molecule has 22 heavy (non-hydrogen) atoms. The van der Waals surface area contributed by atoms with Gasteiger partial charge in [-0.25, -0.2) is 9.78 Å². The average molecular weight is 355 g/mol. The summed E-state index contributed by atoms with van der Waals surface area (Å²) in [5.74, 6) is 0.390. The highest BCUT2D eigenvalue weighted by molar-refractivity contribution is 7.20. The van der Waals surface area contributed by atoms with Crippen LogP contribution in [-0.2, 0) is 0 Å². The molecule has 0 saturated heterocycles. The van der Waals surface area contributed by atoms with E-state index in [4.69, 9.17) is 33.0 Å². The fourth-order valence-corrected chi connectivity index (χ4v) is 3.18. The molecule has 0 atom stereocenters. The second kappa shape index (κ2) is 6.00. The molecule has 0 aliphatic rings. The summed E-state index contributed by atoms with van der Waals surface area (Å²) in [5.41, 5.74) is 1.09. The number of nitrogens with zero attached hydrogens (tertiary/aromatic N) is 1. The third kappa shape index (κ3) is 3.41.